The first-order valence-electron chi connectivity index (χ1n) is 4.42. The van der Waals surface area contributed by atoms with Gasteiger partial charge in [0, 0.05) is 6.20 Å². The van der Waals surface area contributed by atoms with E-state index < -0.39 is 5.97 Å². The van der Waals surface area contributed by atoms with Crippen molar-refractivity contribution in [1.29, 1.82) is 0 Å². The predicted octanol–water partition coefficient (Wildman–Crippen LogP) is -1.07. The molecule has 0 unspecified atom stereocenters. The zero-order valence-electron chi connectivity index (χ0n) is 10.2. The first-order chi connectivity index (χ1) is 6.61. The number of carboxylic acids is 1. The summed E-state index contributed by atoms with van der Waals surface area (Å²) in [6.45, 7) is 4.45. The van der Waals surface area contributed by atoms with Crippen molar-refractivity contribution in [2.45, 2.75) is 13.8 Å². The van der Waals surface area contributed by atoms with E-state index in [1.54, 1.807) is 6.07 Å². The molecule has 15 heavy (non-hydrogen) atoms. The van der Waals surface area contributed by atoms with Gasteiger partial charge in [-0.25, -0.2) is 9.78 Å². The summed E-state index contributed by atoms with van der Waals surface area (Å²) in [5, 5.41) is 8.81. The third kappa shape index (κ3) is 4.64. The van der Waals surface area contributed by atoms with Gasteiger partial charge in [-0.05, 0) is 18.1 Å². The first-order valence-corrected chi connectivity index (χ1v) is 4.42. The van der Waals surface area contributed by atoms with Gasteiger partial charge >= 0.3 is 35.5 Å². The number of aromatic nitrogens is 1. The fraction of sp³-hybridized carbons (Fsp3) is 0.400. The molecule has 78 valence electrons. The molecular formula is C10H14NNaO3. The third-order valence-electron chi connectivity index (χ3n) is 1.55. The van der Waals surface area contributed by atoms with Crippen LogP contribution in [0, 0.1) is 5.92 Å². The summed E-state index contributed by atoms with van der Waals surface area (Å²) in [6, 6.07) is 3.05. The molecule has 0 radical (unpaired) electrons. The van der Waals surface area contributed by atoms with Crippen LogP contribution in [-0.4, -0.2) is 22.7 Å². The van der Waals surface area contributed by atoms with Crippen molar-refractivity contribution in [3.63, 3.8) is 0 Å². The molecule has 1 heterocycles. The average Bonchev–Trinajstić information content (AvgIpc) is 2.15. The van der Waals surface area contributed by atoms with Crippen molar-refractivity contribution < 1.29 is 45.6 Å². The van der Waals surface area contributed by atoms with E-state index in [2.05, 4.69) is 4.98 Å². The quantitative estimate of drug-likeness (QED) is 0.655. The minimum Gasteiger partial charge on any atom is -1.00 e. The second kappa shape index (κ2) is 6.82. The van der Waals surface area contributed by atoms with Crippen LogP contribution in [0.4, 0.5) is 0 Å². The van der Waals surface area contributed by atoms with Crippen LogP contribution >= 0.6 is 0 Å². The van der Waals surface area contributed by atoms with Crippen LogP contribution in [0.5, 0.6) is 5.88 Å². The molecule has 1 aromatic heterocycles. The Balaban J connectivity index is 0. The number of pyridine rings is 1. The normalized spacial score (nSPS) is 9.53. The summed E-state index contributed by atoms with van der Waals surface area (Å²) >= 11 is 0. The Labute approximate surface area is 112 Å². The molecule has 4 nitrogen and oxygen atoms in total. The van der Waals surface area contributed by atoms with Gasteiger partial charge in [-0.2, -0.15) is 0 Å². The molecule has 1 rings (SSSR count). The van der Waals surface area contributed by atoms with E-state index in [4.69, 9.17) is 9.84 Å². The largest absolute Gasteiger partial charge is 1.00 e. The SMILES string of the molecule is CC(C)COc1ncccc1C(=O)O.[H-].[Na+]. The molecule has 0 aliphatic rings. The molecule has 0 aliphatic heterocycles. The van der Waals surface area contributed by atoms with Crippen molar-refractivity contribution in [3.8, 4) is 5.88 Å². The summed E-state index contributed by atoms with van der Waals surface area (Å²) in [4.78, 5) is 14.6. The summed E-state index contributed by atoms with van der Waals surface area (Å²) in [5.41, 5.74) is 0.105. The molecule has 0 amide bonds. The summed E-state index contributed by atoms with van der Waals surface area (Å²) in [6.07, 6.45) is 1.52. The van der Waals surface area contributed by atoms with Gasteiger partial charge in [0.25, 0.3) is 0 Å². The molecule has 0 aromatic carbocycles. The van der Waals surface area contributed by atoms with E-state index in [1.165, 1.54) is 12.3 Å². The van der Waals surface area contributed by atoms with Crippen molar-refractivity contribution >= 4 is 5.97 Å². The van der Waals surface area contributed by atoms with Crippen LogP contribution in [0.15, 0.2) is 18.3 Å². The van der Waals surface area contributed by atoms with Crippen molar-refractivity contribution in [3.05, 3.63) is 23.9 Å². The Morgan fingerprint density at radius 1 is 1.67 bits per heavy atom. The second-order valence-corrected chi connectivity index (χ2v) is 3.37. The Hall–Kier alpha value is -0.580. The van der Waals surface area contributed by atoms with E-state index in [1.807, 2.05) is 13.8 Å². The van der Waals surface area contributed by atoms with Gasteiger partial charge in [0.05, 0.1) is 6.61 Å². The number of carboxylic acid groups (broad SMARTS) is 1. The van der Waals surface area contributed by atoms with Gasteiger partial charge in [-0.3, -0.25) is 0 Å². The summed E-state index contributed by atoms with van der Waals surface area (Å²) in [5.74, 6) is -0.482. The van der Waals surface area contributed by atoms with Crippen molar-refractivity contribution in [2.75, 3.05) is 6.61 Å². The Bertz CT molecular complexity index is 334. The van der Waals surface area contributed by atoms with Gasteiger partial charge in [-0.15, -0.1) is 0 Å². The molecule has 5 heteroatoms. The maximum atomic E-state index is 10.7. The topological polar surface area (TPSA) is 59.4 Å². The number of nitrogens with zero attached hydrogens (tertiary/aromatic N) is 1. The maximum Gasteiger partial charge on any atom is 1.00 e. The Kier molecular flexibility index (Phi) is 6.56. The van der Waals surface area contributed by atoms with Crippen LogP contribution in [0.25, 0.3) is 0 Å². The molecule has 0 saturated heterocycles. The zero-order chi connectivity index (χ0) is 10.6. The number of carbonyl (C=O) groups is 1. The molecule has 0 bridgehead atoms. The van der Waals surface area contributed by atoms with E-state index >= 15 is 0 Å². The van der Waals surface area contributed by atoms with Crippen LogP contribution in [-0.2, 0) is 0 Å². The third-order valence-corrected chi connectivity index (χ3v) is 1.55. The monoisotopic (exact) mass is 219 g/mol. The molecule has 0 aliphatic carbocycles. The number of rotatable bonds is 4. The predicted molar refractivity (Wildman–Crippen MR) is 52.6 cm³/mol. The van der Waals surface area contributed by atoms with Crippen LogP contribution in [0.1, 0.15) is 25.6 Å². The Morgan fingerprint density at radius 2 is 2.33 bits per heavy atom. The number of aromatic carboxylic acids is 1. The smallest absolute Gasteiger partial charge is 1.00 e. The van der Waals surface area contributed by atoms with E-state index in [0.29, 0.717) is 12.5 Å². The fourth-order valence-corrected chi connectivity index (χ4v) is 0.914. The fourth-order valence-electron chi connectivity index (χ4n) is 0.914. The Morgan fingerprint density at radius 3 is 2.87 bits per heavy atom. The molecule has 0 spiro atoms. The molecule has 0 atom stereocenters. The van der Waals surface area contributed by atoms with Crippen molar-refractivity contribution in [1.82, 2.24) is 4.98 Å². The molecular weight excluding hydrogens is 205 g/mol. The summed E-state index contributed by atoms with van der Waals surface area (Å²) in [7, 11) is 0. The van der Waals surface area contributed by atoms with E-state index in [0.717, 1.165) is 0 Å². The van der Waals surface area contributed by atoms with Gasteiger partial charge in [0.1, 0.15) is 5.56 Å². The zero-order valence-corrected chi connectivity index (χ0v) is 11.2. The van der Waals surface area contributed by atoms with Gasteiger partial charge in [0.2, 0.25) is 5.88 Å². The van der Waals surface area contributed by atoms with Gasteiger partial charge in [0.15, 0.2) is 0 Å². The van der Waals surface area contributed by atoms with Crippen LogP contribution < -0.4 is 34.3 Å². The number of hydrogen-bond donors (Lipinski definition) is 1. The maximum absolute atomic E-state index is 10.7. The van der Waals surface area contributed by atoms with Gasteiger partial charge in [-0.1, -0.05) is 13.8 Å². The second-order valence-electron chi connectivity index (χ2n) is 3.37. The van der Waals surface area contributed by atoms with Crippen LogP contribution in [0.2, 0.25) is 0 Å². The molecule has 1 aromatic rings. The summed E-state index contributed by atoms with van der Waals surface area (Å²) < 4.78 is 5.27. The molecule has 0 fully saturated rings. The van der Waals surface area contributed by atoms with Crippen molar-refractivity contribution in [2.24, 2.45) is 5.92 Å². The standard InChI is InChI=1S/C10H13NO3.Na.H/c1-7(2)6-14-9-8(10(12)13)4-3-5-11-9;;/h3-5,7H,6H2,1-2H3,(H,12,13);;/q;+1;-1. The minimum atomic E-state index is -1.02. The number of ether oxygens (including phenoxy) is 1. The van der Waals surface area contributed by atoms with E-state index in [-0.39, 0.29) is 42.4 Å². The first kappa shape index (κ1) is 14.4. The molecule has 1 N–H and O–H groups in total. The molecule has 0 saturated carbocycles. The van der Waals surface area contributed by atoms with Gasteiger partial charge < -0.3 is 11.3 Å². The average molecular weight is 219 g/mol. The van der Waals surface area contributed by atoms with Crippen LogP contribution in [0.3, 0.4) is 0 Å². The van der Waals surface area contributed by atoms with E-state index in [9.17, 15) is 4.79 Å². The number of hydrogen-bond acceptors (Lipinski definition) is 3. The minimum absolute atomic E-state index is 0.